The van der Waals surface area contributed by atoms with Gasteiger partial charge in [-0.3, -0.25) is 9.69 Å². The van der Waals surface area contributed by atoms with E-state index in [2.05, 4.69) is 40.2 Å². The Bertz CT molecular complexity index is 522. The first-order valence-corrected chi connectivity index (χ1v) is 6.83. The van der Waals surface area contributed by atoms with Crippen molar-refractivity contribution in [1.82, 2.24) is 14.8 Å². The number of carbonyl (C=O) groups excluding carboxylic acids is 1. The lowest BCUT2D eigenvalue weighted by atomic mass is 10.2. The van der Waals surface area contributed by atoms with Gasteiger partial charge in [0.1, 0.15) is 0 Å². The molecule has 3 rings (SSSR count). The number of nitrogens with one attached hydrogen (secondary N) is 1. The molecule has 1 amide bonds. The SMILES string of the molecule is O=CN1CCN(CCc2cc3ccccc3[nH]2)CC1. The predicted octanol–water partition coefficient (Wildman–Crippen LogP) is 1.48. The van der Waals surface area contributed by atoms with Crippen molar-refractivity contribution in [1.29, 1.82) is 0 Å². The van der Waals surface area contributed by atoms with Crippen LogP contribution in [0.15, 0.2) is 30.3 Å². The van der Waals surface area contributed by atoms with E-state index >= 15 is 0 Å². The number of H-pyrrole nitrogens is 1. The van der Waals surface area contributed by atoms with Gasteiger partial charge in [0.05, 0.1) is 0 Å². The van der Waals surface area contributed by atoms with Gasteiger partial charge in [-0.15, -0.1) is 0 Å². The maximum atomic E-state index is 10.6. The molecular weight excluding hydrogens is 238 g/mol. The molecule has 2 aromatic rings. The molecule has 1 aromatic heterocycles. The molecule has 1 fully saturated rings. The molecule has 1 N–H and O–H groups in total. The number of rotatable bonds is 4. The summed E-state index contributed by atoms with van der Waals surface area (Å²) in [6.07, 6.45) is 1.99. The van der Waals surface area contributed by atoms with Crippen LogP contribution in [0.5, 0.6) is 0 Å². The highest BCUT2D eigenvalue weighted by Crippen LogP contribution is 2.15. The average molecular weight is 257 g/mol. The zero-order valence-corrected chi connectivity index (χ0v) is 11.0. The quantitative estimate of drug-likeness (QED) is 0.843. The van der Waals surface area contributed by atoms with Crippen molar-refractivity contribution in [3.8, 4) is 0 Å². The van der Waals surface area contributed by atoms with E-state index in [-0.39, 0.29) is 0 Å². The number of aromatic amines is 1. The molecule has 0 unspecified atom stereocenters. The normalized spacial score (nSPS) is 16.9. The Balaban J connectivity index is 1.56. The van der Waals surface area contributed by atoms with E-state index in [0.29, 0.717) is 0 Å². The van der Waals surface area contributed by atoms with Gasteiger partial charge >= 0.3 is 0 Å². The third-order valence-electron chi connectivity index (χ3n) is 3.84. The first-order chi connectivity index (χ1) is 9.35. The van der Waals surface area contributed by atoms with E-state index in [9.17, 15) is 4.79 Å². The van der Waals surface area contributed by atoms with Crippen LogP contribution in [-0.2, 0) is 11.2 Å². The van der Waals surface area contributed by atoms with Crippen molar-refractivity contribution in [2.24, 2.45) is 0 Å². The Labute approximate surface area is 113 Å². The molecule has 1 aliphatic rings. The summed E-state index contributed by atoms with van der Waals surface area (Å²) in [7, 11) is 0. The number of benzene rings is 1. The summed E-state index contributed by atoms with van der Waals surface area (Å²) in [5.74, 6) is 0. The summed E-state index contributed by atoms with van der Waals surface area (Å²) < 4.78 is 0. The Morgan fingerprint density at radius 2 is 1.95 bits per heavy atom. The van der Waals surface area contributed by atoms with Gasteiger partial charge in [0, 0.05) is 50.4 Å². The van der Waals surface area contributed by atoms with Crippen LogP contribution >= 0.6 is 0 Å². The van der Waals surface area contributed by atoms with E-state index in [1.165, 1.54) is 16.6 Å². The standard InChI is InChI=1S/C15H19N3O/c19-12-18-9-7-17(8-10-18)6-5-14-11-13-3-1-2-4-15(13)16-14/h1-4,11-12,16H,5-10H2. The lowest BCUT2D eigenvalue weighted by Gasteiger charge is -2.32. The topological polar surface area (TPSA) is 39.3 Å². The van der Waals surface area contributed by atoms with Gasteiger partial charge in [-0.05, 0) is 17.5 Å². The molecule has 19 heavy (non-hydrogen) atoms. The second kappa shape index (κ2) is 5.45. The number of nitrogens with zero attached hydrogens (tertiary/aromatic N) is 2. The number of hydrogen-bond donors (Lipinski definition) is 1. The molecular formula is C15H19N3O. The van der Waals surface area contributed by atoms with E-state index < -0.39 is 0 Å². The number of aromatic nitrogens is 1. The molecule has 0 saturated carbocycles. The number of fused-ring (bicyclic) bond motifs is 1. The van der Waals surface area contributed by atoms with Gasteiger partial charge in [-0.1, -0.05) is 18.2 Å². The third-order valence-corrected chi connectivity index (χ3v) is 3.84. The highest BCUT2D eigenvalue weighted by Gasteiger charge is 2.15. The summed E-state index contributed by atoms with van der Waals surface area (Å²) in [4.78, 5) is 18.4. The number of para-hydroxylation sites is 1. The second-order valence-corrected chi connectivity index (χ2v) is 5.11. The van der Waals surface area contributed by atoms with E-state index in [1.807, 2.05) is 4.90 Å². The summed E-state index contributed by atoms with van der Waals surface area (Å²) >= 11 is 0. The minimum Gasteiger partial charge on any atom is -0.358 e. The molecule has 0 atom stereocenters. The van der Waals surface area contributed by atoms with Crippen LogP contribution < -0.4 is 0 Å². The largest absolute Gasteiger partial charge is 0.358 e. The van der Waals surface area contributed by atoms with Gasteiger partial charge in [0.25, 0.3) is 0 Å². The molecule has 1 saturated heterocycles. The maximum Gasteiger partial charge on any atom is 0.209 e. The van der Waals surface area contributed by atoms with Gasteiger partial charge in [-0.25, -0.2) is 0 Å². The molecule has 4 heteroatoms. The van der Waals surface area contributed by atoms with Crippen LogP contribution in [0.3, 0.4) is 0 Å². The smallest absolute Gasteiger partial charge is 0.209 e. The molecule has 100 valence electrons. The van der Waals surface area contributed by atoms with Crippen molar-refractivity contribution >= 4 is 17.3 Å². The van der Waals surface area contributed by atoms with Crippen molar-refractivity contribution in [2.45, 2.75) is 6.42 Å². The summed E-state index contributed by atoms with van der Waals surface area (Å²) in [6, 6.07) is 10.6. The fourth-order valence-corrected chi connectivity index (χ4v) is 2.64. The number of carbonyl (C=O) groups is 1. The van der Waals surface area contributed by atoms with E-state index in [1.54, 1.807) is 0 Å². The molecule has 1 aliphatic heterocycles. The average Bonchev–Trinajstić information content (AvgIpc) is 2.88. The fraction of sp³-hybridized carbons (Fsp3) is 0.400. The molecule has 0 radical (unpaired) electrons. The third kappa shape index (κ3) is 2.79. The predicted molar refractivity (Wildman–Crippen MR) is 76.1 cm³/mol. The van der Waals surface area contributed by atoms with Crippen molar-refractivity contribution < 1.29 is 4.79 Å². The van der Waals surface area contributed by atoms with Crippen LogP contribution in [-0.4, -0.2) is 53.9 Å². The number of amides is 1. The highest BCUT2D eigenvalue weighted by molar-refractivity contribution is 5.80. The Kier molecular flexibility index (Phi) is 3.51. The Morgan fingerprint density at radius 1 is 1.16 bits per heavy atom. The first-order valence-electron chi connectivity index (χ1n) is 6.83. The molecule has 2 heterocycles. The lowest BCUT2D eigenvalue weighted by molar-refractivity contribution is -0.119. The molecule has 0 spiro atoms. The van der Waals surface area contributed by atoms with Crippen LogP contribution in [0, 0.1) is 0 Å². The van der Waals surface area contributed by atoms with E-state index in [4.69, 9.17) is 0 Å². The number of piperazine rings is 1. The van der Waals surface area contributed by atoms with E-state index in [0.717, 1.165) is 45.6 Å². The minimum absolute atomic E-state index is 0.857. The van der Waals surface area contributed by atoms with Crippen LogP contribution in [0.25, 0.3) is 10.9 Å². The molecule has 0 bridgehead atoms. The Morgan fingerprint density at radius 3 is 2.68 bits per heavy atom. The summed E-state index contributed by atoms with van der Waals surface area (Å²) in [5, 5.41) is 1.28. The Hall–Kier alpha value is -1.81. The number of hydrogen-bond acceptors (Lipinski definition) is 2. The minimum atomic E-state index is 0.857. The van der Waals surface area contributed by atoms with Crippen LogP contribution in [0.4, 0.5) is 0 Å². The monoisotopic (exact) mass is 257 g/mol. The zero-order valence-electron chi connectivity index (χ0n) is 11.0. The molecule has 0 aliphatic carbocycles. The maximum absolute atomic E-state index is 10.6. The van der Waals surface area contributed by atoms with Gasteiger partial charge in [-0.2, -0.15) is 0 Å². The second-order valence-electron chi connectivity index (χ2n) is 5.11. The fourth-order valence-electron chi connectivity index (χ4n) is 2.64. The van der Waals surface area contributed by atoms with Gasteiger partial charge in [0.15, 0.2) is 0 Å². The van der Waals surface area contributed by atoms with Crippen molar-refractivity contribution in [3.05, 3.63) is 36.0 Å². The summed E-state index contributed by atoms with van der Waals surface area (Å²) in [6.45, 7) is 4.74. The molecule has 4 nitrogen and oxygen atoms in total. The van der Waals surface area contributed by atoms with Crippen molar-refractivity contribution in [2.75, 3.05) is 32.7 Å². The lowest BCUT2D eigenvalue weighted by Crippen LogP contribution is -2.46. The van der Waals surface area contributed by atoms with Gasteiger partial charge in [0.2, 0.25) is 6.41 Å². The van der Waals surface area contributed by atoms with Crippen LogP contribution in [0.2, 0.25) is 0 Å². The molecule has 1 aromatic carbocycles. The van der Waals surface area contributed by atoms with Crippen LogP contribution in [0.1, 0.15) is 5.69 Å². The summed E-state index contributed by atoms with van der Waals surface area (Å²) in [5.41, 5.74) is 2.50. The van der Waals surface area contributed by atoms with Gasteiger partial charge < -0.3 is 9.88 Å². The zero-order chi connectivity index (χ0) is 13.1. The van der Waals surface area contributed by atoms with Crippen molar-refractivity contribution in [3.63, 3.8) is 0 Å². The first kappa shape index (κ1) is 12.2. The highest BCUT2D eigenvalue weighted by atomic mass is 16.1.